The van der Waals surface area contributed by atoms with Crippen molar-refractivity contribution in [1.82, 2.24) is 5.32 Å². The minimum absolute atomic E-state index is 0.406. The van der Waals surface area contributed by atoms with Crippen LogP contribution in [0.15, 0.2) is 24.3 Å². The second-order valence-corrected chi connectivity index (χ2v) is 4.95. The first kappa shape index (κ1) is 10.3. The van der Waals surface area contributed by atoms with Gasteiger partial charge in [-0.1, -0.05) is 37.1 Å². The van der Waals surface area contributed by atoms with Gasteiger partial charge in [-0.25, -0.2) is 0 Å². The summed E-state index contributed by atoms with van der Waals surface area (Å²) in [4.78, 5) is 0. The largest absolute Gasteiger partial charge is 0.375 e. The molecule has 2 heteroatoms. The van der Waals surface area contributed by atoms with Gasteiger partial charge in [-0.05, 0) is 30.0 Å². The van der Waals surface area contributed by atoms with Gasteiger partial charge in [-0.2, -0.15) is 0 Å². The van der Waals surface area contributed by atoms with Crippen LogP contribution in [0, 0.1) is 5.92 Å². The Morgan fingerprint density at radius 2 is 2.12 bits per heavy atom. The Kier molecular flexibility index (Phi) is 2.94. The first-order valence-electron chi connectivity index (χ1n) is 6.32. The number of benzene rings is 1. The lowest BCUT2D eigenvalue weighted by molar-refractivity contribution is 0.0820. The van der Waals surface area contributed by atoms with Gasteiger partial charge in [0.1, 0.15) is 0 Å². The molecule has 1 fully saturated rings. The highest BCUT2D eigenvalue weighted by Gasteiger charge is 2.23. The van der Waals surface area contributed by atoms with Crippen molar-refractivity contribution in [3.8, 4) is 0 Å². The summed E-state index contributed by atoms with van der Waals surface area (Å²) in [6, 6.07) is 9.02. The van der Waals surface area contributed by atoms with Crippen LogP contribution in [0.2, 0.25) is 0 Å². The Hall–Kier alpha value is -0.860. The highest BCUT2D eigenvalue weighted by Crippen LogP contribution is 2.32. The van der Waals surface area contributed by atoms with E-state index in [9.17, 15) is 0 Å². The molecule has 1 aromatic rings. The standard InChI is InChI=1S/C14H19NO/c1-2-4-13-12(3-1)9-16-10-14(13)15-8-7-11-5-6-11/h1-4,11,14-15H,5-10H2. The Labute approximate surface area is 97.0 Å². The molecule has 0 radical (unpaired) electrons. The van der Waals surface area contributed by atoms with E-state index in [0.717, 1.165) is 25.7 Å². The summed E-state index contributed by atoms with van der Waals surface area (Å²) in [5, 5.41) is 3.62. The van der Waals surface area contributed by atoms with Crippen molar-refractivity contribution >= 4 is 0 Å². The quantitative estimate of drug-likeness (QED) is 0.837. The molecule has 1 atom stereocenters. The van der Waals surface area contributed by atoms with Gasteiger partial charge < -0.3 is 10.1 Å². The zero-order valence-corrected chi connectivity index (χ0v) is 9.61. The van der Waals surface area contributed by atoms with E-state index in [1.54, 1.807) is 0 Å². The Morgan fingerprint density at radius 3 is 3.00 bits per heavy atom. The zero-order chi connectivity index (χ0) is 10.8. The number of fused-ring (bicyclic) bond motifs is 1. The molecule has 1 unspecified atom stereocenters. The average Bonchev–Trinajstić information content (AvgIpc) is 3.13. The number of nitrogens with one attached hydrogen (secondary N) is 1. The maximum absolute atomic E-state index is 5.62. The predicted molar refractivity (Wildman–Crippen MR) is 64.2 cm³/mol. The van der Waals surface area contributed by atoms with Crippen LogP contribution in [0.1, 0.15) is 36.4 Å². The van der Waals surface area contributed by atoms with Crippen LogP contribution >= 0.6 is 0 Å². The van der Waals surface area contributed by atoms with E-state index in [4.69, 9.17) is 4.74 Å². The summed E-state index contributed by atoms with van der Waals surface area (Å²) in [6.45, 7) is 2.73. The molecular weight excluding hydrogens is 198 g/mol. The van der Waals surface area contributed by atoms with Crippen LogP contribution in [0.4, 0.5) is 0 Å². The molecule has 1 N–H and O–H groups in total. The van der Waals surface area contributed by atoms with Gasteiger partial charge in [0.15, 0.2) is 0 Å². The third-order valence-corrected chi connectivity index (χ3v) is 3.61. The van der Waals surface area contributed by atoms with Crippen LogP contribution in [0.3, 0.4) is 0 Å². The number of hydrogen-bond acceptors (Lipinski definition) is 2. The minimum atomic E-state index is 0.406. The van der Waals surface area contributed by atoms with Gasteiger partial charge in [0, 0.05) is 0 Å². The van der Waals surface area contributed by atoms with Gasteiger partial charge in [0.2, 0.25) is 0 Å². The maximum atomic E-state index is 5.62. The van der Waals surface area contributed by atoms with Crippen molar-refractivity contribution in [2.24, 2.45) is 5.92 Å². The van der Waals surface area contributed by atoms with E-state index in [1.165, 1.54) is 30.4 Å². The van der Waals surface area contributed by atoms with E-state index in [2.05, 4.69) is 29.6 Å². The number of ether oxygens (including phenoxy) is 1. The molecule has 3 rings (SSSR count). The molecule has 16 heavy (non-hydrogen) atoms. The fourth-order valence-corrected chi connectivity index (χ4v) is 2.42. The molecule has 0 spiro atoms. The van der Waals surface area contributed by atoms with Crippen LogP contribution in [0.5, 0.6) is 0 Å². The summed E-state index contributed by atoms with van der Waals surface area (Å²) >= 11 is 0. The second-order valence-electron chi connectivity index (χ2n) is 4.95. The molecular formula is C14H19NO. The lowest BCUT2D eigenvalue weighted by atomic mass is 9.99. The van der Waals surface area contributed by atoms with Gasteiger partial charge >= 0.3 is 0 Å². The van der Waals surface area contributed by atoms with E-state index in [1.807, 2.05) is 0 Å². The van der Waals surface area contributed by atoms with Gasteiger partial charge in [-0.15, -0.1) is 0 Å². The second kappa shape index (κ2) is 4.56. The Bertz CT molecular complexity index is 360. The molecule has 2 aliphatic rings. The number of rotatable bonds is 4. The molecule has 1 aliphatic carbocycles. The van der Waals surface area contributed by atoms with Crippen LogP contribution in [-0.4, -0.2) is 13.2 Å². The molecule has 0 amide bonds. The van der Waals surface area contributed by atoms with Crippen LogP contribution < -0.4 is 5.32 Å². The summed E-state index contributed by atoms with van der Waals surface area (Å²) in [7, 11) is 0. The van der Waals surface area contributed by atoms with Crippen molar-refractivity contribution in [3.05, 3.63) is 35.4 Å². The highest BCUT2D eigenvalue weighted by molar-refractivity contribution is 5.30. The SMILES string of the molecule is c1ccc2c(c1)COCC2NCCC1CC1. The molecule has 1 saturated carbocycles. The highest BCUT2D eigenvalue weighted by atomic mass is 16.5. The minimum Gasteiger partial charge on any atom is -0.375 e. The van der Waals surface area contributed by atoms with Gasteiger partial charge in [0.25, 0.3) is 0 Å². The fourth-order valence-electron chi connectivity index (χ4n) is 2.42. The van der Waals surface area contributed by atoms with Crippen molar-refractivity contribution in [1.29, 1.82) is 0 Å². The molecule has 0 aromatic heterocycles. The third-order valence-electron chi connectivity index (χ3n) is 3.61. The molecule has 86 valence electrons. The average molecular weight is 217 g/mol. The predicted octanol–water partition coefficient (Wildman–Crippen LogP) is 2.65. The lowest BCUT2D eigenvalue weighted by Crippen LogP contribution is -2.30. The molecule has 0 saturated heterocycles. The molecule has 1 aliphatic heterocycles. The first-order chi connectivity index (χ1) is 7.93. The molecule has 2 nitrogen and oxygen atoms in total. The van der Waals surface area contributed by atoms with Gasteiger partial charge in [0.05, 0.1) is 19.3 Å². The maximum Gasteiger partial charge on any atom is 0.0721 e. The van der Waals surface area contributed by atoms with E-state index in [0.29, 0.717) is 6.04 Å². The topological polar surface area (TPSA) is 21.3 Å². The lowest BCUT2D eigenvalue weighted by Gasteiger charge is -2.26. The van der Waals surface area contributed by atoms with E-state index in [-0.39, 0.29) is 0 Å². The fraction of sp³-hybridized carbons (Fsp3) is 0.571. The van der Waals surface area contributed by atoms with Crippen molar-refractivity contribution in [2.75, 3.05) is 13.2 Å². The van der Waals surface area contributed by atoms with Crippen molar-refractivity contribution in [2.45, 2.75) is 31.9 Å². The Balaban J connectivity index is 1.62. The molecule has 1 aromatic carbocycles. The van der Waals surface area contributed by atoms with E-state index >= 15 is 0 Å². The van der Waals surface area contributed by atoms with Crippen molar-refractivity contribution < 1.29 is 4.74 Å². The molecule has 1 heterocycles. The number of hydrogen-bond donors (Lipinski definition) is 1. The normalized spacial score (nSPS) is 24.1. The first-order valence-corrected chi connectivity index (χ1v) is 6.32. The van der Waals surface area contributed by atoms with Crippen LogP contribution in [-0.2, 0) is 11.3 Å². The third kappa shape index (κ3) is 2.28. The van der Waals surface area contributed by atoms with Gasteiger partial charge in [-0.3, -0.25) is 0 Å². The Morgan fingerprint density at radius 1 is 1.25 bits per heavy atom. The smallest absolute Gasteiger partial charge is 0.0721 e. The van der Waals surface area contributed by atoms with Crippen molar-refractivity contribution in [3.63, 3.8) is 0 Å². The zero-order valence-electron chi connectivity index (χ0n) is 9.61. The molecule has 0 bridgehead atoms. The van der Waals surface area contributed by atoms with Crippen LogP contribution in [0.25, 0.3) is 0 Å². The monoisotopic (exact) mass is 217 g/mol. The summed E-state index contributed by atoms with van der Waals surface area (Å²) in [5.41, 5.74) is 2.78. The van der Waals surface area contributed by atoms with E-state index < -0.39 is 0 Å². The summed E-state index contributed by atoms with van der Waals surface area (Å²) in [6.07, 6.45) is 4.22. The summed E-state index contributed by atoms with van der Waals surface area (Å²) in [5.74, 6) is 1.01. The summed E-state index contributed by atoms with van der Waals surface area (Å²) < 4.78 is 5.62.